The summed E-state index contributed by atoms with van der Waals surface area (Å²) in [5, 5.41) is 2.66. The van der Waals surface area contributed by atoms with Gasteiger partial charge in [-0.2, -0.15) is 0 Å². The second-order valence-corrected chi connectivity index (χ2v) is 9.91. The Morgan fingerprint density at radius 1 is 0.484 bits per heavy atom. The summed E-state index contributed by atoms with van der Waals surface area (Å²) in [5.41, 5.74) is 4.55. The molecular weight excluding hydrogens is 486 g/mol. The first-order valence-corrected chi connectivity index (χ1v) is 12.0. The lowest BCUT2D eigenvalue weighted by molar-refractivity contribution is 1.11. The monoisotopic (exact) mass is 502 g/mol. The molecule has 0 amide bonds. The van der Waals surface area contributed by atoms with Crippen LogP contribution >= 0.6 is 58.2 Å². The minimum atomic E-state index is 0.645. The Bertz CT molecular complexity index is 1120. The standard InChI is InChI=1S/C26H18Cl4S/c27-21-11-9-17(23(29)15-21)13-19-5-1-3-7-25(19)31-26-8-4-2-6-20(26)14-18-10-12-22(28)16-24(18)30/h1-12,15-16H,13-14H2. The van der Waals surface area contributed by atoms with Gasteiger partial charge in [-0.25, -0.2) is 0 Å². The van der Waals surface area contributed by atoms with Crippen LogP contribution in [0.3, 0.4) is 0 Å². The van der Waals surface area contributed by atoms with Crippen LogP contribution < -0.4 is 0 Å². The lowest BCUT2D eigenvalue weighted by Crippen LogP contribution is -1.95. The topological polar surface area (TPSA) is 0 Å². The first-order chi connectivity index (χ1) is 15.0. The fraction of sp³-hybridized carbons (Fsp3) is 0.0769. The predicted octanol–water partition coefficient (Wildman–Crippen LogP) is 9.63. The van der Waals surface area contributed by atoms with E-state index in [0.717, 1.165) is 24.0 Å². The molecule has 0 aliphatic carbocycles. The fourth-order valence-corrected chi connectivity index (χ4v) is 5.38. The summed E-state index contributed by atoms with van der Waals surface area (Å²) in [4.78, 5) is 2.39. The Balaban J connectivity index is 1.62. The Morgan fingerprint density at radius 3 is 1.32 bits per heavy atom. The van der Waals surface area contributed by atoms with Crippen LogP contribution in [0.25, 0.3) is 0 Å². The maximum absolute atomic E-state index is 6.42. The van der Waals surface area contributed by atoms with Gasteiger partial charge in [-0.15, -0.1) is 0 Å². The van der Waals surface area contributed by atoms with Gasteiger partial charge in [-0.05, 0) is 58.7 Å². The molecule has 31 heavy (non-hydrogen) atoms. The predicted molar refractivity (Wildman–Crippen MR) is 136 cm³/mol. The van der Waals surface area contributed by atoms with E-state index in [2.05, 4.69) is 48.5 Å². The highest BCUT2D eigenvalue weighted by Crippen LogP contribution is 2.36. The van der Waals surface area contributed by atoms with Crippen LogP contribution in [0.5, 0.6) is 0 Å². The molecule has 0 aliphatic heterocycles. The van der Waals surface area contributed by atoms with Gasteiger partial charge < -0.3 is 0 Å². The maximum Gasteiger partial charge on any atom is 0.0456 e. The minimum absolute atomic E-state index is 0.645. The number of hydrogen-bond acceptors (Lipinski definition) is 1. The molecule has 4 aromatic rings. The van der Waals surface area contributed by atoms with E-state index in [4.69, 9.17) is 46.4 Å². The van der Waals surface area contributed by atoms with Crippen LogP contribution in [0.1, 0.15) is 22.3 Å². The fourth-order valence-electron chi connectivity index (χ4n) is 3.36. The summed E-state index contributed by atoms with van der Waals surface area (Å²) >= 11 is 26.7. The van der Waals surface area contributed by atoms with Gasteiger partial charge in [0.15, 0.2) is 0 Å². The highest BCUT2D eigenvalue weighted by molar-refractivity contribution is 7.99. The van der Waals surface area contributed by atoms with E-state index in [0.29, 0.717) is 20.1 Å². The average Bonchev–Trinajstić information content (AvgIpc) is 2.74. The molecule has 0 nitrogen and oxygen atoms in total. The summed E-state index contributed by atoms with van der Waals surface area (Å²) in [6.45, 7) is 0. The zero-order chi connectivity index (χ0) is 21.8. The second kappa shape index (κ2) is 10.3. The number of hydrogen-bond donors (Lipinski definition) is 0. The SMILES string of the molecule is Clc1ccc(Cc2ccccc2Sc2ccccc2Cc2ccc(Cl)cc2Cl)c(Cl)c1. The van der Waals surface area contributed by atoms with Gasteiger partial charge in [0.05, 0.1) is 0 Å². The van der Waals surface area contributed by atoms with Gasteiger partial charge in [0.25, 0.3) is 0 Å². The van der Waals surface area contributed by atoms with E-state index in [1.807, 2.05) is 24.3 Å². The highest BCUT2D eigenvalue weighted by atomic mass is 35.5. The van der Waals surface area contributed by atoms with Crippen LogP contribution in [0, 0.1) is 0 Å². The van der Waals surface area contributed by atoms with E-state index in [9.17, 15) is 0 Å². The first-order valence-electron chi connectivity index (χ1n) is 9.71. The van der Waals surface area contributed by atoms with Crippen LogP contribution in [0.15, 0.2) is 94.7 Å². The minimum Gasteiger partial charge on any atom is -0.0895 e. The van der Waals surface area contributed by atoms with Crippen molar-refractivity contribution in [3.8, 4) is 0 Å². The highest BCUT2D eigenvalue weighted by Gasteiger charge is 2.12. The Morgan fingerprint density at radius 2 is 0.903 bits per heavy atom. The molecule has 0 atom stereocenters. The lowest BCUT2D eigenvalue weighted by Gasteiger charge is -2.14. The molecule has 0 saturated heterocycles. The third kappa shape index (κ3) is 5.80. The van der Waals surface area contributed by atoms with Crippen molar-refractivity contribution in [1.29, 1.82) is 0 Å². The molecular formula is C26H18Cl4S. The van der Waals surface area contributed by atoms with Gasteiger partial charge >= 0.3 is 0 Å². The molecule has 156 valence electrons. The average molecular weight is 504 g/mol. The number of benzene rings is 4. The molecule has 0 N–H and O–H groups in total. The molecule has 0 radical (unpaired) electrons. The molecule has 0 aliphatic rings. The van der Waals surface area contributed by atoms with Gasteiger partial charge in [0, 0.05) is 42.7 Å². The molecule has 0 aromatic heterocycles. The smallest absolute Gasteiger partial charge is 0.0456 e. The van der Waals surface area contributed by atoms with Crippen molar-refractivity contribution in [2.45, 2.75) is 22.6 Å². The van der Waals surface area contributed by atoms with Gasteiger partial charge in [-0.1, -0.05) is 107 Å². The maximum atomic E-state index is 6.42. The van der Waals surface area contributed by atoms with Crippen molar-refractivity contribution in [3.05, 3.63) is 127 Å². The summed E-state index contributed by atoms with van der Waals surface area (Å²) in [5.74, 6) is 0. The molecule has 4 aromatic carbocycles. The van der Waals surface area contributed by atoms with Gasteiger partial charge in [0.2, 0.25) is 0 Å². The zero-order valence-electron chi connectivity index (χ0n) is 16.4. The van der Waals surface area contributed by atoms with Crippen LogP contribution in [0.4, 0.5) is 0 Å². The molecule has 0 bridgehead atoms. The summed E-state index contributed by atoms with van der Waals surface area (Å²) in [6.07, 6.45) is 1.48. The van der Waals surface area contributed by atoms with Crippen molar-refractivity contribution in [3.63, 3.8) is 0 Å². The van der Waals surface area contributed by atoms with Gasteiger partial charge in [0.1, 0.15) is 0 Å². The molecule has 0 spiro atoms. The quantitative estimate of drug-likeness (QED) is 0.252. The number of rotatable bonds is 6. The Hall–Kier alpha value is -1.61. The Kier molecular flexibility index (Phi) is 7.53. The lowest BCUT2D eigenvalue weighted by atomic mass is 10.0. The van der Waals surface area contributed by atoms with E-state index in [1.54, 1.807) is 23.9 Å². The molecule has 0 unspecified atom stereocenters. The van der Waals surface area contributed by atoms with Crippen molar-refractivity contribution < 1.29 is 0 Å². The normalized spacial score (nSPS) is 11.0. The zero-order valence-corrected chi connectivity index (χ0v) is 20.3. The van der Waals surface area contributed by atoms with E-state index in [-0.39, 0.29) is 0 Å². The van der Waals surface area contributed by atoms with E-state index >= 15 is 0 Å². The van der Waals surface area contributed by atoms with Crippen molar-refractivity contribution >= 4 is 58.2 Å². The molecule has 5 heteroatoms. The third-order valence-electron chi connectivity index (χ3n) is 4.96. The molecule has 0 saturated carbocycles. The van der Waals surface area contributed by atoms with Gasteiger partial charge in [-0.3, -0.25) is 0 Å². The molecule has 4 rings (SSSR count). The summed E-state index contributed by atoms with van der Waals surface area (Å²) < 4.78 is 0. The van der Waals surface area contributed by atoms with Crippen LogP contribution in [0.2, 0.25) is 20.1 Å². The van der Waals surface area contributed by atoms with E-state index in [1.165, 1.54) is 20.9 Å². The summed E-state index contributed by atoms with van der Waals surface area (Å²) in [7, 11) is 0. The van der Waals surface area contributed by atoms with Crippen LogP contribution in [-0.2, 0) is 12.8 Å². The second-order valence-electron chi connectivity index (χ2n) is 7.14. The van der Waals surface area contributed by atoms with E-state index < -0.39 is 0 Å². The molecule has 0 heterocycles. The Labute approximate surface area is 207 Å². The first kappa shape index (κ1) is 22.6. The third-order valence-corrected chi connectivity index (χ3v) is 7.37. The summed E-state index contributed by atoms with van der Waals surface area (Å²) in [6, 6.07) is 28.1. The number of halogens is 4. The van der Waals surface area contributed by atoms with Crippen molar-refractivity contribution in [2.24, 2.45) is 0 Å². The molecule has 0 fully saturated rings. The largest absolute Gasteiger partial charge is 0.0895 e. The van der Waals surface area contributed by atoms with Crippen molar-refractivity contribution in [1.82, 2.24) is 0 Å². The van der Waals surface area contributed by atoms with Crippen LogP contribution in [-0.4, -0.2) is 0 Å². The van der Waals surface area contributed by atoms with Crippen molar-refractivity contribution in [2.75, 3.05) is 0 Å².